The molecule has 2 aromatic rings. The van der Waals surface area contributed by atoms with E-state index in [4.69, 9.17) is 4.74 Å². The summed E-state index contributed by atoms with van der Waals surface area (Å²) in [6.45, 7) is 2.50. The minimum atomic E-state index is 0.00315. The van der Waals surface area contributed by atoms with Crippen molar-refractivity contribution in [1.29, 1.82) is 0 Å². The average molecular weight is 274 g/mol. The van der Waals surface area contributed by atoms with Crippen molar-refractivity contribution in [2.45, 2.75) is 0 Å². The zero-order valence-corrected chi connectivity index (χ0v) is 11.2. The minimum Gasteiger partial charge on any atom is -0.378 e. The van der Waals surface area contributed by atoms with Crippen molar-refractivity contribution in [3.8, 4) is 10.4 Å². The van der Waals surface area contributed by atoms with E-state index in [9.17, 15) is 4.79 Å². The van der Waals surface area contributed by atoms with E-state index < -0.39 is 0 Å². The number of aromatic nitrogens is 1. The van der Waals surface area contributed by atoms with Gasteiger partial charge in [0.05, 0.1) is 23.6 Å². The monoisotopic (exact) mass is 274 g/mol. The van der Waals surface area contributed by atoms with Gasteiger partial charge in [-0.2, -0.15) is 0 Å². The van der Waals surface area contributed by atoms with Crippen LogP contribution in [0.4, 0.5) is 0 Å². The topological polar surface area (TPSA) is 42.4 Å². The van der Waals surface area contributed by atoms with Crippen LogP contribution in [0.5, 0.6) is 0 Å². The molecule has 0 aliphatic carbocycles. The average Bonchev–Trinajstić information content (AvgIpc) is 2.98. The molecule has 4 nitrogen and oxygen atoms in total. The maximum absolute atomic E-state index is 12.5. The first kappa shape index (κ1) is 12.3. The second-order valence-electron chi connectivity index (χ2n) is 4.30. The Kier molecular flexibility index (Phi) is 3.57. The third kappa shape index (κ3) is 2.52. The molecule has 1 aromatic heterocycles. The molecule has 98 valence electrons. The van der Waals surface area contributed by atoms with E-state index in [1.54, 1.807) is 5.51 Å². The van der Waals surface area contributed by atoms with Crippen LogP contribution in [0.15, 0.2) is 35.8 Å². The number of hydrogen-bond acceptors (Lipinski definition) is 4. The van der Waals surface area contributed by atoms with Gasteiger partial charge in [-0.15, -0.1) is 11.3 Å². The molecule has 1 aliphatic rings. The zero-order valence-electron chi connectivity index (χ0n) is 10.4. The lowest BCUT2D eigenvalue weighted by atomic mass is 10.1. The van der Waals surface area contributed by atoms with E-state index in [2.05, 4.69) is 4.98 Å². The summed E-state index contributed by atoms with van der Waals surface area (Å²) in [6.07, 6.45) is 0. The largest absolute Gasteiger partial charge is 0.378 e. The zero-order chi connectivity index (χ0) is 13.1. The Labute approximate surface area is 115 Å². The van der Waals surface area contributed by atoms with Crippen LogP contribution in [0, 0.1) is 0 Å². The molecular formula is C14H14N2O2S. The lowest BCUT2D eigenvalue weighted by Gasteiger charge is -2.26. The fraction of sp³-hybridized carbons (Fsp3) is 0.286. The van der Waals surface area contributed by atoms with Gasteiger partial charge >= 0.3 is 0 Å². The molecule has 5 heteroatoms. The summed E-state index contributed by atoms with van der Waals surface area (Å²) in [5, 5.41) is 0. The highest BCUT2D eigenvalue weighted by atomic mass is 32.1. The third-order valence-electron chi connectivity index (χ3n) is 3.10. The van der Waals surface area contributed by atoms with E-state index in [0.717, 1.165) is 10.4 Å². The van der Waals surface area contributed by atoms with Gasteiger partial charge in [-0.3, -0.25) is 4.79 Å². The molecule has 0 atom stereocenters. The second kappa shape index (κ2) is 5.50. The van der Waals surface area contributed by atoms with Crippen LogP contribution < -0.4 is 0 Å². The molecule has 19 heavy (non-hydrogen) atoms. The highest BCUT2D eigenvalue weighted by Crippen LogP contribution is 2.28. The highest BCUT2D eigenvalue weighted by Gasteiger charge is 2.23. The Bertz CT molecular complexity index is 562. The number of morpholine rings is 1. The molecule has 0 spiro atoms. The van der Waals surface area contributed by atoms with Crippen molar-refractivity contribution in [3.63, 3.8) is 0 Å². The smallest absolute Gasteiger partial charge is 0.274 e. The summed E-state index contributed by atoms with van der Waals surface area (Å²) < 4.78 is 5.27. The summed E-state index contributed by atoms with van der Waals surface area (Å²) in [5.74, 6) is 0.00315. The second-order valence-corrected chi connectivity index (χ2v) is 5.16. The summed E-state index contributed by atoms with van der Waals surface area (Å²) in [6, 6.07) is 9.91. The van der Waals surface area contributed by atoms with Gasteiger partial charge in [-0.1, -0.05) is 30.3 Å². The van der Waals surface area contributed by atoms with Crippen molar-refractivity contribution in [2.75, 3.05) is 26.3 Å². The third-order valence-corrected chi connectivity index (χ3v) is 3.98. The molecule has 1 aliphatic heterocycles. The number of ether oxygens (including phenoxy) is 1. The molecule has 0 unspecified atom stereocenters. The normalized spacial score (nSPS) is 15.5. The predicted octanol–water partition coefficient (Wildman–Crippen LogP) is 2.28. The van der Waals surface area contributed by atoms with Crippen molar-refractivity contribution >= 4 is 17.2 Å². The van der Waals surface area contributed by atoms with Crippen LogP contribution >= 0.6 is 11.3 Å². The number of amides is 1. The summed E-state index contributed by atoms with van der Waals surface area (Å²) in [7, 11) is 0. The van der Waals surface area contributed by atoms with E-state index in [0.29, 0.717) is 32.0 Å². The maximum atomic E-state index is 12.5. The van der Waals surface area contributed by atoms with Crippen LogP contribution in [-0.4, -0.2) is 42.1 Å². The Hall–Kier alpha value is -1.72. The quantitative estimate of drug-likeness (QED) is 0.843. The first-order chi connectivity index (χ1) is 9.36. The van der Waals surface area contributed by atoms with Gasteiger partial charge in [0.25, 0.3) is 5.91 Å². The lowest BCUT2D eigenvalue weighted by molar-refractivity contribution is 0.0300. The number of carbonyl (C=O) groups excluding carboxylic acids is 1. The number of thiazole rings is 1. The molecule has 2 heterocycles. The Morgan fingerprint density at radius 2 is 1.95 bits per heavy atom. The fourth-order valence-electron chi connectivity index (χ4n) is 2.11. The molecule has 1 saturated heterocycles. The standard InChI is InChI=1S/C14H14N2O2S/c17-14(16-6-8-18-9-7-16)12-13(19-10-15-12)11-4-2-1-3-5-11/h1-5,10H,6-9H2. The van der Waals surface area contributed by atoms with E-state index >= 15 is 0 Å². The fourth-order valence-corrected chi connectivity index (χ4v) is 2.90. The highest BCUT2D eigenvalue weighted by molar-refractivity contribution is 7.13. The molecule has 0 saturated carbocycles. The molecule has 1 fully saturated rings. The lowest BCUT2D eigenvalue weighted by Crippen LogP contribution is -2.41. The van der Waals surface area contributed by atoms with Gasteiger partial charge in [0, 0.05) is 13.1 Å². The van der Waals surface area contributed by atoms with Crippen molar-refractivity contribution in [3.05, 3.63) is 41.5 Å². The predicted molar refractivity (Wildman–Crippen MR) is 74.3 cm³/mol. The van der Waals surface area contributed by atoms with E-state index in [1.165, 1.54) is 11.3 Å². The van der Waals surface area contributed by atoms with E-state index in [-0.39, 0.29) is 5.91 Å². The number of rotatable bonds is 2. The van der Waals surface area contributed by atoms with Crippen LogP contribution in [0.2, 0.25) is 0 Å². The van der Waals surface area contributed by atoms with Crippen LogP contribution in [-0.2, 0) is 4.74 Å². The first-order valence-electron chi connectivity index (χ1n) is 6.22. The van der Waals surface area contributed by atoms with Crippen molar-refractivity contribution < 1.29 is 9.53 Å². The number of benzene rings is 1. The summed E-state index contributed by atoms with van der Waals surface area (Å²) in [4.78, 5) is 19.5. The number of carbonyl (C=O) groups is 1. The molecule has 3 rings (SSSR count). The molecule has 1 aromatic carbocycles. The SMILES string of the molecule is O=C(c1ncsc1-c1ccccc1)N1CCOCC1. The van der Waals surface area contributed by atoms with Crippen molar-refractivity contribution in [1.82, 2.24) is 9.88 Å². The molecule has 1 amide bonds. The van der Waals surface area contributed by atoms with Crippen molar-refractivity contribution in [2.24, 2.45) is 0 Å². The summed E-state index contributed by atoms with van der Waals surface area (Å²) in [5.41, 5.74) is 3.33. The Morgan fingerprint density at radius 3 is 2.68 bits per heavy atom. The molecule has 0 bridgehead atoms. The number of nitrogens with zero attached hydrogens (tertiary/aromatic N) is 2. The Morgan fingerprint density at radius 1 is 1.21 bits per heavy atom. The molecule has 0 N–H and O–H groups in total. The molecular weight excluding hydrogens is 260 g/mol. The summed E-state index contributed by atoms with van der Waals surface area (Å²) >= 11 is 1.51. The van der Waals surface area contributed by atoms with Gasteiger partial charge in [0.1, 0.15) is 5.69 Å². The van der Waals surface area contributed by atoms with Gasteiger partial charge in [-0.05, 0) is 5.56 Å². The maximum Gasteiger partial charge on any atom is 0.274 e. The first-order valence-corrected chi connectivity index (χ1v) is 7.10. The number of hydrogen-bond donors (Lipinski definition) is 0. The minimum absolute atomic E-state index is 0.00315. The van der Waals surface area contributed by atoms with Gasteiger partial charge in [0.2, 0.25) is 0 Å². The molecule has 0 radical (unpaired) electrons. The van der Waals surface area contributed by atoms with Crippen LogP contribution in [0.3, 0.4) is 0 Å². The van der Waals surface area contributed by atoms with Gasteiger partial charge < -0.3 is 9.64 Å². The van der Waals surface area contributed by atoms with Gasteiger partial charge in [0.15, 0.2) is 0 Å². The van der Waals surface area contributed by atoms with Crippen LogP contribution in [0.25, 0.3) is 10.4 Å². The Balaban J connectivity index is 1.89. The van der Waals surface area contributed by atoms with Gasteiger partial charge in [-0.25, -0.2) is 4.98 Å². The van der Waals surface area contributed by atoms with Crippen LogP contribution in [0.1, 0.15) is 10.5 Å². The van der Waals surface area contributed by atoms with E-state index in [1.807, 2.05) is 35.2 Å².